The van der Waals surface area contributed by atoms with E-state index in [2.05, 4.69) is 32.4 Å². The van der Waals surface area contributed by atoms with Crippen molar-refractivity contribution in [3.05, 3.63) is 30.1 Å². The molecule has 0 radical (unpaired) electrons. The van der Waals surface area contributed by atoms with E-state index in [1.807, 2.05) is 0 Å². The molecule has 2 heterocycles. The minimum Gasteiger partial charge on any atom is -0.357 e. The lowest BCUT2D eigenvalue weighted by Gasteiger charge is -2.38. The van der Waals surface area contributed by atoms with E-state index >= 15 is 0 Å². The third kappa shape index (κ3) is 5.05. The number of nitrogens with one attached hydrogen (secondary N) is 2. The Balaban J connectivity index is 0.00000225. The van der Waals surface area contributed by atoms with Gasteiger partial charge in [0.2, 0.25) is 0 Å². The average molecular weight is 457 g/mol. The molecule has 0 aromatic carbocycles. The van der Waals surface area contributed by atoms with Gasteiger partial charge in [0.05, 0.1) is 12.1 Å². The molecule has 2 fully saturated rings. The molecule has 2 aliphatic rings. The van der Waals surface area contributed by atoms with Crippen molar-refractivity contribution in [1.29, 1.82) is 0 Å². The molecule has 25 heavy (non-hydrogen) atoms. The summed E-state index contributed by atoms with van der Waals surface area (Å²) in [6.07, 6.45) is 8.63. The second kappa shape index (κ2) is 9.35. The molecule has 1 aromatic heterocycles. The molecule has 1 saturated heterocycles. The number of pyridine rings is 1. The van der Waals surface area contributed by atoms with Gasteiger partial charge in [0.1, 0.15) is 0 Å². The summed E-state index contributed by atoms with van der Waals surface area (Å²) in [5.74, 6) is 0.884. The summed E-state index contributed by atoms with van der Waals surface area (Å²) < 4.78 is 0. The second-order valence-corrected chi connectivity index (χ2v) is 6.76. The molecule has 1 saturated carbocycles. The van der Waals surface area contributed by atoms with Gasteiger partial charge in [-0.25, -0.2) is 0 Å². The van der Waals surface area contributed by atoms with Gasteiger partial charge in [0, 0.05) is 38.6 Å². The number of aromatic nitrogens is 1. The Morgan fingerprint density at radius 1 is 1.36 bits per heavy atom. The molecule has 1 spiro atoms. The number of amides is 1. The first-order chi connectivity index (χ1) is 11.7. The second-order valence-electron chi connectivity index (χ2n) is 6.76. The Bertz CT molecular complexity index is 588. The van der Waals surface area contributed by atoms with Crippen LogP contribution >= 0.6 is 24.0 Å². The smallest absolute Gasteiger partial charge is 0.252 e. The molecule has 1 amide bonds. The van der Waals surface area contributed by atoms with Gasteiger partial charge < -0.3 is 15.5 Å². The van der Waals surface area contributed by atoms with Crippen LogP contribution in [0.3, 0.4) is 0 Å². The number of hydrogen-bond acceptors (Lipinski definition) is 3. The lowest BCUT2D eigenvalue weighted by molar-refractivity contribution is 0.0954. The summed E-state index contributed by atoms with van der Waals surface area (Å²) >= 11 is 0. The van der Waals surface area contributed by atoms with E-state index in [9.17, 15) is 4.79 Å². The number of carbonyl (C=O) groups is 1. The third-order valence-electron chi connectivity index (χ3n) is 5.07. The van der Waals surface area contributed by atoms with Crippen LogP contribution in [0.15, 0.2) is 29.5 Å². The minimum atomic E-state index is -0.0992. The van der Waals surface area contributed by atoms with Gasteiger partial charge in [-0.05, 0) is 43.7 Å². The summed E-state index contributed by atoms with van der Waals surface area (Å²) in [6.45, 7) is 6.29. The van der Waals surface area contributed by atoms with Gasteiger partial charge in [0.15, 0.2) is 5.96 Å². The normalized spacial score (nSPS) is 18.4. The highest BCUT2D eigenvalue weighted by Gasteiger charge is 2.43. The van der Waals surface area contributed by atoms with Crippen molar-refractivity contribution >= 4 is 35.8 Å². The number of guanidine groups is 1. The Labute approximate surface area is 166 Å². The number of aliphatic imine (C=N–C) groups is 1. The SMILES string of the molecule is CCNC(=NCCNC(=O)c1cccnc1)N1CCC2(CCC2)C1.I. The molecular weight excluding hydrogens is 429 g/mol. The van der Waals surface area contributed by atoms with Crippen LogP contribution in [-0.4, -0.2) is 54.5 Å². The maximum absolute atomic E-state index is 12.0. The van der Waals surface area contributed by atoms with Crippen molar-refractivity contribution in [3.8, 4) is 0 Å². The summed E-state index contributed by atoms with van der Waals surface area (Å²) in [5, 5.41) is 6.28. The fraction of sp³-hybridized carbons (Fsp3) is 0.611. The van der Waals surface area contributed by atoms with Crippen LogP contribution < -0.4 is 10.6 Å². The molecule has 6 nitrogen and oxygen atoms in total. The lowest BCUT2D eigenvalue weighted by atomic mass is 9.68. The summed E-state index contributed by atoms with van der Waals surface area (Å²) in [6, 6.07) is 3.53. The van der Waals surface area contributed by atoms with Crippen molar-refractivity contribution in [3.63, 3.8) is 0 Å². The molecule has 0 atom stereocenters. The first-order valence-electron chi connectivity index (χ1n) is 8.94. The number of rotatable bonds is 5. The van der Waals surface area contributed by atoms with E-state index < -0.39 is 0 Å². The van der Waals surface area contributed by atoms with Crippen LogP contribution in [0.2, 0.25) is 0 Å². The molecule has 0 unspecified atom stereocenters. The summed E-state index contributed by atoms with van der Waals surface area (Å²) in [7, 11) is 0. The number of carbonyl (C=O) groups excluding carboxylic acids is 1. The standard InChI is InChI=1S/C18H27N5O.HI/c1-2-20-17(23-12-8-18(14-23)6-4-7-18)22-11-10-21-16(24)15-5-3-9-19-13-15;/h3,5,9,13H,2,4,6-8,10-12,14H2,1H3,(H,20,22)(H,21,24);1H. The van der Waals surface area contributed by atoms with Crippen LogP contribution in [0.25, 0.3) is 0 Å². The van der Waals surface area contributed by atoms with Crippen molar-refractivity contribution < 1.29 is 4.79 Å². The summed E-state index contributed by atoms with van der Waals surface area (Å²) in [5.41, 5.74) is 1.14. The van der Waals surface area contributed by atoms with Crippen molar-refractivity contribution in [2.45, 2.75) is 32.6 Å². The van der Waals surface area contributed by atoms with Gasteiger partial charge in [-0.15, -0.1) is 24.0 Å². The monoisotopic (exact) mass is 457 g/mol. The van der Waals surface area contributed by atoms with Crippen molar-refractivity contribution in [2.75, 3.05) is 32.7 Å². The highest BCUT2D eigenvalue weighted by atomic mass is 127. The molecular formula is C18H28IN5O. The number of hydrogen-bond donors (Lipinski definition) is 2. The highest BCUT2D eigenvalue weighted by molar-refractivity contribution is 14.0. The number of likely N-dealkylation sites (tertiary alicyclic amines) is 1. The van der Waals surface area contributed by atoms with Crippen LogP contribution in [0.1, 0.15) is 43.0 Å². The van der Waals surface area contributed by atoms with Gasteiger partial charge in [0.25, 0.3) is 5.91 Å². The third-order valence-corrected chi connectivity index (χ3v) is 5.07. The maximum atomic E-state index is 12.0. The highest BCUT2D eigenvalue weighted by Crippen LogP contribution is 2.47. The molecule has 3 rings (SSSR count). The van der Waals surface area contributed by atoms with Gasteiger partial charge >= 0.3 is 0 Å². The number of halogens is 1. The van der Waals surface area contributed by atoms with E-state index in [0.29, 0.717) is 24.1 Å². The van der Waals surface area contributed by atoms with Crippen molar-refractivity contribution in [2.24, 2.45) is 10.4 Å². The zero-order valence-electron chi connectivity index (χ0n) is 14.8. The van der Waals surface area contributed by atoms with Gasteiger partial charge in [-0.1, -0.05) is 6.42 Å². The first-order valence-corrected chi connectivity index (χ1v) is 8.94. The molecule has 1 aliphatic heterocycles. The topological polar surface area (TPSA) is 69.6 Å². The zero-order valence-corrected chi connectivity index (χ0v) is 17.2. The van der Waals surface area contributed by atoms with Crippen LogP contribution in [0, 0.1) is 5.41 Å². The van der Waals surface area contributed by atoms with Gasteiger partial charge in [-0.3, -0.25) is 14.8 Å². The zero-order chi connectivity index (χ0) is 16.8. The molecule has 1 aliphatic carbocycles. The Morgan fingerprint density at radius 2 is 2.20 bits per heavy atom. The molecule has 7 heteroatoms. The maximum Gasteiger partial charge on any atom is 0.252 e. The molecule has 0 bridgehead atoms. The van der Waals surface area contributed by atoms with E-state index in [0.717, 1.165) is 25.6 Å². The molecule has 138 valence electrons. The lowest BCUT2D eigenvalue weighted by Crippen LogP contribution is -2.43. The van der Waals surface area contributed by atoms with Crippen LogP contribution in [0.5, 0.6) is 0 Å². The van der Waals surface area contributed by atoms with E-state index in [4.69, 9.17) is 0 Å². The molecule has 2 N–H and O–H groups in total. The van der Waals surface area contributed by atoms with E-state index in [1.165, 1.54) is 25.7 Å². The minimum absolute atomic E-state index is 0. The van der Waals surface area contributed by atoms with Crippen LogP contribution in [0.4, 0.5) is 0 Å². The number of nitrogens with zero attached hydrogens (tertiary/aromatic N) is 3. The van der Waals surface area contributed by atoms with E-state index in [-0.39, 0.29) is 29.9 Å². The fourth-order valence-electron chi connectivity index (χ4n) is 3.56. The van der Waals surface area contributed by atoms with Gasteiger partial charge in [-0.2, -0.15) is 0 Å². The average Bonchev–Trinajstić information content (AvgIpc) is 3.04. The predicted molar refractivity (Wildman–Crippen MR) is 110 cm³/mol. The Hall–Kier alpha value is -1.38. The Kier molecular flexibility index (Phi) is 7.46. The Morgan fingerprint density at radius 3 is 2.80 bits per heavy atom. The van der Waals surface area contributed by atoms with Crippen molar-refractivity contribution in [1.82, 2.24) is 20.5 Å². The largest absolute Gasteiger partial charge is 0.357 e. The quantitative estimate of drug-likeness (QED) is 0.308. The fourth-order valence-corrected chi connectivity index (χ4v) is 3.56. The van der Waals surface area contributed by atoms with E-state index in [1.54, 1.807) is 24.5 Å². The first kappa shape index (κ1) is 19.9. The van der Waals surface area contributed by atoms with Crippen LogP contribution in [-0.2, 0) is 0 Å². The summed E-state index contributed by atoms with van der Waals surface area (Å²) in [4.78, 5) is 23.0. The molecule has 1 aromatic rings. The predicted octanol–water partition coefficient (Wildman–Crippen LogP) is 2.27.